The number of dihydropyridines is 1. The molecule has 0 radical (unpaired) electrons. The Morgan fingerprint density at radius 2 is 1.82 bits per heavy atom. The van der Waals surface area contributed by atoms with Crippen LogP contribution in [0.1, 0.15) is 52.0 Å². The maximum atomic E-state index is 13.4. The summed E-state index contributed by atoms with van der Waals surface area (Å²) in [5.74, 6) is 0.0114. The van der Waals surface area contributed by atoms with Crippen LogP contribution in [-0.4, -0.2) is 45.8 Å². The summed E-state index contributed by atoms with van der Waals surface area (Å²) in [6.07, 6.45) is 1.11. The van der Waals surface area contributed by atoms with Crippen LogP contribution in [0.15, 0.2) is 39.1 Å². The summed E-state index contributed by atoms with van der Waals surface area (Å²) >= 11 is 3.63. The third-order valence-electron chi connectivity index (χ3n) is 5.94. The monoisotopic (exact) mass is 521 g/mol. The predicted molar refractivity (Wildman–Crippen MR) is 128 cm³/mol. The molecule has 1 N–H and O–H groups in total. The largest absolute Gasteiger partial charge is 0.493 e. The molecule has 0 spiro atoms. The average Bonchev–Trinajstić information content (AvgIpc) is 2.74. The molecular weight excluding hydrogens is 490 g/mol. The van der Waals surface area contributed by atoms with Gasteiger partial charge in [0.05, 0.1) is 26.4 Å². The number of halogens is 1. The summed E-state index contributed by atoms with van der Waals surface area (Å²) in [6.45, 7) is 8.88. The van der Waals surface area contributed by atoms with Gasteiger partial charge in [0, 0.05) is 40.4 Å². The maximum Gasteiger partial charge on any atom is 0.336 e. The van der Waals surface area contributed by atoms with Crippen LogP contribution in [0.5, 0.6) is 11.5 Å². The standard InChI is InChI=1S/C25H32BrNO6/c1-7-32-8-9-33-24(29)21-14(2)27-17-12-25(3,4)13-18(28)23(17)22(21)15-10-19(30-5)20(31-6)11-16(15)26/h10-11,22,27H,7-9,12-13H2,1-6H3. The molecule has 8 heteroatoms. The maximum absolute atomic E-state index is 13.4. The first-order chi connectivity index (χ1) is 15.6. The highest BCUT2D eigenvalue weighted by atomic mass is 79.9. The van der Waals surface area contributed by atoms with Crippen molar-refractivity contribution in [3.8, 4) is 11.5 Å². The zero-order valence-electron chi connectivity index (χ0n) is 20.1. The third kappa shape index (κ3) is 5.27. The smallest absolute Gasteiger partial charge is 0.336 e. The van der Waals surface area contributed by atoms with Crippen molar-refractivity contribution in [2.24, 2.45) is 5.41 Å². The molecule has 2 aliphatic rings. The van der Waals surface area contributed by atoms with Gasteiger partial charge in [-0.3, -0.25) is 4.79 Å². The van der Waals surface area contributed by atoms with Gasteiger partial charge in [0.2, 0.25) is 0 Å². The van der Waals surface area contributed by atoms with Gasteiger partial charge < -0.3 is 24.3 Å². The van der Waals surface area contributed by atoms with Gasteiger partial charge in [-0.2, -0.15) is 0 Å². The Labute approximate surface area is 203 Å². The topological polar surface area (TPSA) is 83.1 Å². The van der Waals surface area contributed by atoms with Crippen molar-refractivity contribution >= 4 is 27.7 Å². The SMILES string of the molecule is CCOCCOC(=O)C1=C(C)NC2=C(C(=O)CC(C)(C)C2)C1c1cc(OC)c(OC)cc1Br. The van der Waals surface area contributed by atoms with Crippen molar-refractivity contribution in [2.75, 3.05) is 34.0 Å². The van der Waals surface area contributed by atoms with E-state index in [0.29, 0.717) is 58.9 Å². The summed E-state index contributed by atoms with van der Waals surface area (Å²) in [7, 11) is 3.12. The molecular formula is C25H32BrNO6. The second-order valence-electron chi connectivity index (χ2n) is 8.99. The zero-order valence-corrected chi connectivity index (χ0v) is 21.7. The average molecular weight is 522 g/mol. The number of allylic oxidation sites excluding steroid dienone is 3. The molecule has 0 amide bonds. The van der Waals surface area contributed by atoms with Crippen molar-refractivity contribution in [1.29, 1.82) is 0 Å². The van der Waals surface area contributed by atoms with Crippen LogP contribution >= 0.6 is 15.9 Å². The number of nitrogens with one attached hydrogen (secondary N) is 1. The van der Waals surface area contributed by atoms with E-state index in [1.54, 1.807) is 20.3 Å². The number of ether oxygens (including phenoxy) is 4. The first kappa shape index (κ1) is 25.3. The first-order valence-electron chi connectivity index (χ1n) is 11.0. The molecule has 180 valence electrons. The van der Waals surface area contributed by atoms with Gasteiger partial charge in [-0.05, 0) is 43.4 Å². The Morgan fingerprint density at radius 1 is 1.15 bits per heavy atom. The van der Waals surface area contributed by atoms with Gasteiger partial charge in [0.1, 0.15) is 6.61 Å². The van der Waals surface area contributed by atoms with Gasteiger partial charge >= 0.3 is 5.97 Å². The van der Waals surface area contributed by atoms with E-state index in [2.05, 4.69) is 35.1 Å². The Bertz CT molecular complexity index is 1010. The molecule has 1 atom stereocenters. The number of Topliss-reactive ketones (excluding diaryl/α,β-unsaturated/α-hetero) is 1. The molecule has 1 unspecified atom stereocenters. The van der Waals surface area contributed by atoms with Crippen LogP contribution in [0, 0.1) is 5.41 Å². The molecule has 0 saturated carbocycles. The number of carbonyl (C=O) groups is 2. The molecule has 3 rings (SSSR count). The molecule has 7 nitrogen and oxygen atoms in total. The Hall–Kier alpha value is -2.32. The second kappa shape index (κ2) is 10.3. The highest BCUT2D eigenvalue weighted by molar-refractivity contribution is 9.10. The highest BCUT2D eigenvalue weighted by Gasteiger charge is 2.44. The number of hydrogen-bond acceptors (Lipinski definition) is 7. The lowest BCUT2D eigenvalue weighted by Crippen LogP contribution is -2.39. The van der Waals surface area contributed by atoms with E-state index in [1.165, 1.54) is 0 Å². The number of ketones is 1. The van der Waals surface area contributed by atoms with Crippen LogP contribution in [0.4, 0.5) is 0 Å². The minimum atomic E-state index is -0.598. The normalized spacial score (nSPS) is 19.7. The molecule has 0 aromatic heterocycles. The van der Waals surface area contributed by atoms with Crippen LogP contribution in [-0.2, 0) is 19.1 Å². The molecule has 0 fully saturated rings. The number of benzene rings is 1. The van der Waals surface area contributed by atoms with Gasteiger partial charge in [-0.25, -0.2) is 4.79 Å². The number of rotatable bonds is 8. The minimum Gasteiger partial charge on any atom is -0.493 e. The fourth-order valence-electron chi connectivity index (χ4n) is 4.52. The Balaban J connectivity index is 2.14. The van der Waals surface area contributed by atoms with Crippen molar-refractivity contribution < 1.29 is 28.5 Å². The van der Waals surface area contributed by atoms with Gasteiger partial charge in [0.25, 0.3) is 0 Å². The molecule has 1 aromatic carbocycles. The number of methoxy groups -OCH3 is 2. The zero-order chi connectivity index (χ0) is 24.3. The number of carbonyl (C=O) groups excluding carboxylic acids is 2. The van der Waals surface area contributed by atoms with Crippen molar-refractivity contribution in [2.45, 2.75) is 46.5 Å². The van der Waals surface area contributed by atoms with Crippen LogP contribution in [0.25, 0.3) is 0 Å². The molecule has 1 aromatic rings. The quantitative estimate of drug-likeness (QED) is 0.393. The minimum absolute atomic E-state index is 0.0209. The second-order valence-corrected chi connectivity index (χ2v) is 9.85. The van der Waals surface area contributed by atoms with E-state index in [-0.39, 0.29) is 17.8 Å². The highest BCUT2D eigenvalue weighted by Crippen LogP contribution is 2.49. The van der Waals surface area contributed by atoms with E-state index in [9.17, 15) is 9.59 Å². The van der Waals surface area contributed by atoms with Crippen molar-refractivity contribution in [1.82, 2.24) is 5.32 Å². The van der Waals surface area contributed by atoms with E-state index in [4.69, 9.17) is 18.9 Å². The Morgan fingerprint density at radius 3 is 2.45 bits per heavy atom. The number of hydrogen-bond donors (Lipinski definition) is 1. The van der Waals surface area contributed by atoms with Crippen LogP contribution < -0.4 is 14.8 Å². The lowest BCUT2D eigenvalue weighted by Gasteiger charge is -2.39. The predicted octanol–water partition coefficient (Wildman–Crippen LogP) is 4.65. The lowest BCUT2D eigenvalue weighted by molar-refractivity contribution is -0.140. The van der Waals surface area contributed by atoms with E-state index in [1.807, 2.05) is 19.9 Å². The van der Waals surface area contributed by atoms with Crippen molar-refractivity contribution in [3.05, 3.63) is 44.7 Å². The van der Waals surface area contributed by atoms with Crippen LogP contribution in [0.2, 0.25) is 0 Å². The van der Waals surface area contributed by atoms with Gasteiger partial charge in [-0.1, -0.05) is 29.8 Å². The molecule has 1 aliphatic carbocycles. The molecule has 1 aliphatic heterocycles. The molecule has 0 saturated heterocycles. The first-order valence-corrected chi connectivity index (χ1v) is 11.8. The Kier molecular flexibility index (Phi) is 7.90. The van der Waals surface area contributed by atoms with Gasteiger partial charge in [-0.15, -0.1) is 0 Å². The number of esters is 1. The van der Waals surface area contributed by atoms with Crippen molar-refractivity contribution in [3.63, 3.8) is 0 Å². The lowest BCUT2D eigenvalue weighted by atomic mass is 9.68. The molecule has 33 heavy (non-hydrogen) atoms. The van der Waals surface area contributed by atoms with E-state index < -0.39 is 11.9 Å². The fraction of sp³-hybridized carbons (Fsp3) is 0.520. The summed E-state index contributed by atoms with van der Waals surface area (Å²) in [6, 6.07) is 3.61. The molecule has 1 heterocycles. The fourth-order valence-corrected chi connectivity index (χ4v) is 5.08. The van der Waals surface area contributed by atoms with E-state index >= 15 is 0 Å². The summed E-state index contributed by atoms with van der Waals surface area (Å²) in [4.78, 5) is 26.7. The summed E-state index contributed by atoms with van der Waals surface area (Å²) < 4.78 is 22.5. The summed E-state index contributed by atoms with van der Waals surface area (Å²) in [5, 5.41) is 3.34. The summed E-state index contributed by atoms with van der Waals surface area (Å²) in [5.41, 5.74) is 3.11. The van der Waals surface area contributed by atoms with Gasteiger partial charge in [0.15, 0.2) is 17.3 Å². The third-order valence-corrected chi connectivity index (χ3v) is 6.63. The molecule has 0 bridgehead atoms. The van der Waals surface area contributed by atoms with Crippen LogP contribution in [0.3, 0.4) is 0 Å². The van der Waals surface area contributed by atoms with E-state index in [0.717, 1.165) is 11.3 Å².